The van der Waals surface area contributed by atoms with E-state index in [1.54, 1.807) is 16.9 Å². The smallest absolute Gasteiger partial charge is 0.260 e. The number of nitrogens with zero attached hydrogens (tertiary/aromatic N) is 2. The molecule has 2 rings (SSSR count). The monoisotopic (exact) mass is 378 g/mol. The van der Waals surface area contributed by atoms with E-state index in [4.69, 9.17) is 14.2 Å². The van der Waals surface area contributed by atoms with Crippen molar-refractivity contribution in [2.75, 3.05) is 59.7 Å². The van der Waals surface area contributed by atoms with E-state index in [9.17, 15) is 9.59 Å². The summed E-state index contributed by atoms with van der Waals surface area (Å²) >= 11 is 0. The number of hydrogen-bond acceptors (Lipinski definition) is 5. The first kappa shape index (κ1) is 21.2. The van der Waals surface area contributed by atoms with E-state index in [1.807, 2.05) is 32.0 Å². The van der Waals surface area contributed by atoms with Crippen molar-refractivity contribution in [3.63, 3.8) is 0 Å². The molecule has 1 aromatic rings. The Morgan fingerprint density at radius 3 is 2.30 bits per heavy atom. The summed E-state index contributed by atoms with van der Waals surface area (Å²) in [6.07, 6.45) is 0.749. The molecule has 1 saturated heterocycles. The van der Waals surface area contributed by atoms with Crippen molar-refractivity contribution in [2.45, 2.75) is 20.3 Å². The summed E-state index contributed by atoms with van der Waals surface area (Å²) < 4.78 is 15.9. The molecule has 0 atom stereocenters. The van der Waals surface area contributed by atoms with E-state index < -0.39 is 0 Å². The number of ether oxygens (including phenoxy) is 3. The van der Waals surface area contributed by atoms with Gasteiger partial charge in [0.25, 0.3) is 5.91 Å². The molecule has 0 N–H and O–H groups in total. The Kier molecular flexibility index (Phi) is 8.54. The van der Waals surface area contributed by atoms with Crippen molar-refractivity contribution in [2.24, 2.45) is 0 Å². The second-order valence-corrected chi connectivity index (χ2v) is 6.65. The second-order valence-electron chi connectivity index (χ2n) is 6.65. The number of carbonyl (C=O) groups is 2. The van der Waals surface area contributed by atoms with Gasteiger partial charge in [-0.15, -0.1) is 0 Å². The van der Waals surface area contributed by atoms with E-state index in [0.717, 1.165) is 23.3 Å². The molecule has 0 spiro atoms. The number of carbonyl (C=O) groups excluding carboxylic acids is 2. The van der Waals surface area contributed by atoms with E-state index in [2.05, 4.69) is 0 Å². The molecule has 0 saturated carbocycles. The third-order valence-corrected chi connectivity index (χ3v) is 4.76. The van der Waals surface area contributed by atoms with Gasteiger partial charge in [0.15, 0.2) is 6.61 Å². The highest BCUT2D eigenvalue weighted by molar-refractivity contribution is 5.79. The normalized spacial score (nSPS) is 14.8. The maximum atomic E-state index is 12.5. The first-order valence-corrected chi connectivity index (χ1v) is 9.34. The molecule has 1 aliphatic rings. The lowest BCUT2D eigenvalue weighted by molar-refractivity contribution is -0.137. The maximum Gasteiger partial charge on any atom is 0.260 e. The first-order chi connectivity index (χ1) is 13.0. The zero-order valence-electron chi connectivity index (χ0n) is 16.5. The molecule has 7 nitrogen and oxygen atoms in total. The molecule has 1 heterocycles. The van der Waals surface area contributed by atoms with Crippen LogP contribution < -0.4 is 4.74 Å². The van der Waals surface area contributed by atoms with Crippen molar-refractivity contribution < 1.29 is 23.8 Å². The number of aryl methyl sites for hydroxylation is 1. The summed E-state index contributed by atoms with van der Waals surface area (Å²) in [7, 11) is 1.59. The Labute approximate surface area is 161 Å². The third kappa shape index (κ3) is 6.52. The summed E-state index contributed by atoms with van der Waals surface area (Å²) in [6.45, 7) is 7.22. The number of amides is 2. The fourth-order valence-corrected chi connectivity index (χ4v) is 2.92. The van der Waals surface area contributed by atoms with E-state index in [0.29, 0.717) is 39.4 Å². The van der Waals surface area contributed by atoms with Crippen LogP contribution >= 0.6 is 0 Å². The van der Waals surface area contributed by atoms with Gasteiger partial charge in [0.1, 0.15) is 12.4 Å². The average Bonchev–Trinajstić information content (AvgIpc) is 2.92. The highest BCUT2D eigenvalue weighted by atomic mass is 16.5. The van der Waals surface area contributed by atoms with Gasteiger partial charge in [-0.3, -0.25) is 9.59 Å². The minimum atomic E-state index is -0.0541. The van der Waals surface area contributed by atoms with Crippen LogP contribution in [0.5, 0.6) is 5.75 Å². The molecular formula is C20H30N2O5. The van der Waals surface area contributed by atoms with Crippen LogP contribution in [0.3, 0.4) is 0 Å². The lowest BCUT2D eigenvalue weighted by Gasteiger charge is -2.22. The van der Waals surface area contributed by atoms with Crippen LogP contribution in [0.25, 0.3) is 0 Å². The Morgan fingerprint density at radius 1 is 0.963 bits per heavy atom. The predicted octanol–water partition coefficient (Wildman–Crippen LogP) is 1.41. The van der Waals surface area contributed by atoms with Gasteiger partial charge in [0.2, 0.25) is 5.91 Å². The molecule has 1 aliphatic heterocycles. The summed E-state index contributed by atoms with van der Waals surface area (Å²) in [5.41, 5.74) is 2.18. The molecule has 0 aromatic heterocycles. The van der Waals surface area contributed by atoms with Crippen molar-refractivity contribution in [3.05, 3.63) is 29.3 Å². The lowest BCUT2D eigenvalue weighted by Crippen LogP contribution is -2.40. The largest absolute Gasteiger partial charge is 0.483 e. The summed E-state index contributed by atoms with van der Waals surface area (Å²) in [5, 5.41) is 0. The van der Waals surface area contributed by atoms with E-state index in [1.165, 1.54) is 0 Å². The molecule has 0 bridgehead atoms. The molecule has 1 fully saturated rings. The Morgan fingerprint density at radius 2 is 1.63 bits per heavy atom. The highest BCUT2D eigenvalue weighted by Crippen LogP contribution is 2.20. The summed E-state index contributed by atoms with van der Waals surface area (Å²) in [4.78, 5) is 28.2. The number of hydrogen-bond donors (Lipinski definition) is 0. The van der Waals surface area contributed by atoms with Gasteiger partial charge in [-0.05, 0) is 37.5 Å². The fraction of sp³-hybridized carbons (Fsp3) is 0.600. The summed E-state index contributed by atoms with van der Waals surface area (Å²) in [5.74, 6) is 0.636. The van der Waals surface area contributed by atoms with Crippen LogP contribution in [-0.4, -0.2) is 81.3 Å². The zero-order chi connectivity index (χ0) is 19.6. The van der Waals surface area contributed by atoms with Crippen molar-refractivity contribution in [1.29, 1.82) is 0 Å². The van der Waals surface area contributed by atoms with Gasteiger partial charge in [-0.2, -0.15) is 0 Å². The van der Waals surface area contributed by atoms with Gasteiger partial charge >= 0.3 is 0 Å². The van der Waals surface area contributed by atoms with Crippen molar-refractivity contribution in [1.82, 2.24) is 9.80 Å². The SMILES string of the molecule is COCCOCC(=O)N1CCCN(C(=O)COc2cccc(C)c2C)CC1. The molecule has 27 heavy (non-hydrogen) atoms. The van der Waals surface area contributed by atoms with Crippen LogP contribution in [0.1, 0.15) is 17.5 Å². The minimum Gasteiger partial charge on any atom is -0.483 e. The van der Waals surface area contributed by atoms with Gasteiger partial charge < -0.3 is 24.0 Å². The molecule has 0 aliphatic carbocycles. The topological polar surface area (TPSA) is 68.3 Å². The molecule has 1 aromatic carbocycles. The van der Waals surface area contributed by atoms with Gasteiger partial charge in [0.05, 0.1) is 13.2 Å². The highest BCUT2D eigenvalue weighted by Gasteiger charge is 2.22. The van der Waals surface area contributed by atoms with Gasteiger partial charge in [-0.25, -0.2) is 0 Å². The third-order valence-electron chi connectivity index (χ3n) is 4.76. The fourth-order valence-electron chi connectivity index (χ4n) is 2.92. The first-order valence-electron chi connectivity index (χ1n) is 9.34. The van der Waals surface area contributed by atoms with E-state index in [-0.39, 0.29) is 25.0 Å². The quantitative estimate of drug-likeness (QED) is 0.640. The van der Waals surface area contributed by atoms with Crippen LogP contribution in [-0.2, 0) is 19.1 Å². The molecule has 7 heteroatoms. The molecule has 0 radical (unpaired) electrons. The number of benzene rings is 1. The molecule has 0 unspecified atom stereocenters. The lowest BCUT2D eigenvalue weighted by atomic mass is 10.1. The summed E-state index contributed by atoms with van der Waals surface area (Å²) in [6, 6.07) is 5.82. The van der Waals surface area contributed by atoms with Crippen molar-refractivity contribution in [3.8, 4) is 5.75 Å². The number of methoxy groups -OCH3 is 1. The Balaban J connectivity index is 1.78. The van der Waals surface area contributed by atoms with Crippen LogP contribution in [0.2, 0.25) is 0 Å². The average molecular weight is 378 g/mol. The van der Waals surface area contributed by atoms with Crippen LogP contribution in [0.4, 0.5) is 0 Å². The second kappa shape index (κ2) is 10.9. The van der Waals surface area contributed by atoms with Crippen LogP contribution in [0, 0.1) is 13.8 Å². The van der Waals surface area contributed by atoms with Crippen molar-refractivity contribution >= 4 is 11.8 Å². The standard InChI is InChI=1S/C20H30N2O5/c1-16-6-4-7-18(17(16)2)27-15-20(24)22-9-5-8-21(10-11-22)19(23)14-26-13-12-25-3/h4,6-7H,5,8-15H2,1-3H3. The van der Waals surface area contributed by atoms with Gasteiger partial charge in [-0.1, -0.05) is 12.1 Å². The Hall–Kier alpha value is -2.12. The zero-order valence-corrected chi connectivity index (χ0v) is 16.5. The molecular weight excluding hydrogens is 348 g/mol. The minimum absolute atomic E-state index is 0.0123. The van der Waals surface area contributed by atoms with Crippen LogP contribution in [0.15, 0.2) is 18.2 Å². The van der Waals surface area contributed by atoms with E-state index >= 15 is 0 Å². The number of rotatable bonds is 8. The maximum absolute atomic E-state index is 12.5. The Bertz CT molecular complexity index is 635. The predicted molar refractivity (Wildman–Crippen MR) is 102 cm³/mol. The molecule has 2 amide bonds. The molecule has 150 valence electrons. The van der Waals surface area contributed by atoms with Gasteiger partial charge in [0, 0.05) is 33.3 Å².